The fraction of sp³-hybridized carbons (Fsp3) is 0.308. The first-order valence-electron chi connectivity index (χ1n) is 5.48. The number of hydrogen-bond acceptors (Lipinski definition) is 3. The van der Waals surface area contributed by atoms with Gasteiger partial charge in [-0.1, -0.05) is 13.0 Å². The topological polar surface area (TPSA) is 66.8 Å². The standard InChI is InChI=1S/C13H16O4/c1-3-10(13(15)16)7-9-5-6-11(14)12(8-9)17-4-2/h5-8,14H,3-4H2,1-2H3,(H,15,16)/b10-7+. The number of aromatic hydroxyl groups is 1. The van der Waals surface area contributed by atoms with E-state index in [-0.39, 0.29) is 5.75 Å². The zero-order valence-corrected chi connectivity index (χ0v) is 9.93. The van der Waals surface area contributed by atoms with E-state index in [1.54, 1.807) is 25.1 Å². The summed E-state index contributed by atoms with van der Waals surface area (Å²) in [7, 11) is 0. The molecule has 1 aromatic rings. The molecule has 2 N–H and O–H groups in total. The third-order valence-electron chi connectivity index (χ3n) is 2.28. The third kappa shape index (κ3) is 3.52. The molecule has 0 aliphatic carbocycles. The van der Waals surface area contributed by atoms with E-state index >= 15 is 0 Å². The van der Waals surface area contributed by atoms with Gasteiger partial charge in [0.15, 0.2) is 11.5 Å². The predicted octanol–water partition coefficient (Wildman–Crippen LogP) is 2.67. The first kappa shape index (κ1) is 13.1. The van der Waals surface area contributed by atoms with Crippen molar-refractivity contribution in [2.45, 2.75) is 20.3 Å². The van der Waals surface area contributed by atoms with Crippen LogP contribution in [0.15, 0.2) is 23.8 Å². The van der Waals surface area contributed by atoms with Gasteiger partial charge in [0.1, 0.15) is 0 Å². The Balaban J connectivity index is 3.07. The summed E-state index contributed by atoms with van der Waals surface area (Å²) in [6, 6.07) is 4.76. The van der Waals surface area contributed by atoms with Crippen LogP contribution in [-0.4, -0.2) is 22.8 Å². The average Bonchev–Trinajstić information content (AvgIpc) is 2.30. The maximum atomic E-state index is 10.9. The summed E-state index contributed by atoms with van der Waals surface area (Å²) in [5.74, 6) is -0.516. The first-order chi connectivity index (χ1) is 8.08. The van der Waals surface area contributed by atoms with Crippen LogP contribution in [0.3, 0.4) is 0 Å². The molecule has 0 atom stereocenters. The van der Waals surface area contributed by atoms with Crippen LogP contribution >= 0.6 is 0 Å². The van der Waals surface area contributed by atoms with Crippen molar-refractivity contribution < 1.29 is 19.7 Å². The fourth-order valence-corrected chi connectivity index (χ4v) is 1.41. The van der Waals surface area contributed by atoms with Crippen LogP contribution in [0.1, 0.15) is 25.8 Å². The highest BCUT2D eigenvalue weighted by Crippen LogP contribution is 2.27. The highest BCUT2D eigenvalue weighted by molar-refractivity contribution is 5.92. The van der Waals surface area contributed by atoms with Crippen molar-refractivity contribution in [2.24, 2.45) is 0 Å². The van der Waals surface area contributed by atoms with Gasteiger partial charge in [0.05, 0.1) is 6.61 Å². The number of rotatable bonds is 5. The van der Waals surface area contributed by atoms with Gasteiger partial charge in [-0.05, 0) is 37.1 Å². The number of carboxylic acids is 1. The van der Waals surface area contributed by atoms with Crippen molar-refractivity contribution in [2.75, 3.05) is 6.61 Å². The molecule has 0 saturated heterocycles. The van der Waals surface area contributed by atoms with Gasteiger partial charge in [0.2, 0.25) is 0 Å². The molecular weight excluding hydrogens is 220 g/mol. The number of benzene rings is 1. The van der Waals surface area contributed by atoms with E-state index in [1.165, 1.54) is 6.07 Å². The summed E-state index contributed by atoms with van der Waals surface area (Å²) >= 11 is 0. The Bertz CT molecular complexity index is 435. The van der Waals surface area contributed by atoms with E-state index in [1.807, 2.05) is 6.92 Å². The van der Waals surface area contributed by atoms with Crippen LogP contribution in [0.2, 0.25) is 0 Å². The Hall–Kier alpha value is -1.97. The largest absolute Gasteiger partial charge is 0.504 e. The Morgan fingerprint density at radius 1 is 1.41 bits per heavy atom. The molecule has 0 saturated carbocycles. The Morgan fingerprint density at radius 3 is 2.65 bits per heavy atom. The van der Waals surface area contributed by atoms with Crippen molar-refractivity contribution in [3.05, 3.63) is 29.3 Å². The zero-order chi connectivity index (χ0) is 12.8. The Labute approximate surface area is 100 Å². The van der Waals surface area contributed by atoms with Crippen LogP contribution in [0.5, 0.6) is 11.5 Å². The lowest BCUT2D eigenvalue weighted by molar-refractivity contribution is -0.132. The van der Waals surface area contributed by atoms with Crippen molar-refractivity contribution in [3.63, 3.8) is 0 Å². The van der Waals surface area contributed by atoms with Gasteiger partial charge in [-0.2, -0.15) is 0 Å². The molecule has 0 bridgehead atoms. The SMILES string of the molecule is CCOc1cc(/C=C(\CC)C(=O)O)ccc1O. The van der Waals surface area contributed by atoms with Crippen molar-refractivity contribution in [1.29, 1.82) is 0 Å². The summed E-state index contributed by atoms with van der Waals surface area (Å²) < 4.78 is 5.23. The molecule has 0 radical (unpaired) electrons. The number of hydrogen-bond donors (Lipinski definition) is 2. The molecular formula is C13H16O4. The van der Waals surface area contributed by atoms with Crippen LogP contribution in [0.4, 0.5) is 0 Å². The third-order valence-corrected chi connectivity index (χ3v) is 2.28. The van der Waals surface area contributed by atoms with Crippen LogP contribution in [0.25, 0.3) is 6.08 Å². The molecule has 0 aliphatic heterocycles. The molecule has 0 aliphatic rings. The van der Waals surface area contributed by atoms with E-state index in [4.69, 9.17) is 9.84 Å². The average molecular weight is 236 g/mol. The number of carboxylic acid groups (broad SMARTS) is 1. The van der Waals surface area contributed by atoms with E-state index < -0.39 is 5.97 Å². The minimum absolute atomic E-state index is 0.0531. The summed E-state index contributed by atoms with van der Waals surface area (Å²) in [6.07, 6.45) is 2.02. The van der Waals surface area contributed by atoms with Crippen molar-refractivity contribution in [1.82, 2.24) is 0 Å². The quantitative estimate of drug-likeness (QED) is 0.771. The molecule has 92 valence electrons. The van der Waals surface area contributed by atoms with Gasteiger partial charge in [-0.25, -0.2) is 4.79 Å². The zero-order valence-electron chi connectivity index (χ0n) is 9.93. The molecule has 4 heteroatoms. The first-order valence-corrected chi connectivity index (χ1v) is 5.48. The summed E-state index contributed by atoms with van der Waals surface area (Å²) in [6.45, 7) is 4.04. The van der Waals surface area contributed by atoms with Gasteiger partial charge < -0.3 is 14.9 Å². The second-order valence-corrected chi connectivity index (χ2v) is 3.49. The lowest BCUT2D eigenvalue weighted by Gasteiger charge is -2.06. The van der Waals surface area contributed by atoms with Gasteiger partial charge in [0, 0.05) is 5.57 Å². The number of phenolic OH excluding ortho intramolecular Hbond substituents is 1. The lowest BCUT2D eigenvalue weighted by Crippen LogP contribution is -1.99. The van der Waals surface area contributed by atoms with Gasteiger partial charge in [-0.3, -0.25) is 0 Å². The maximum Gasteiger partial charge on any atom is 0.331 e. The summed E-state index contributed by atoms with van der Waals surface area (Å²) in [4.78, 5) is 10.9. The van der Waals surface area contributed by atoms with Crippen LogP contribution in [0, 0.1) is 0 Å². The minimum atomic E-state index is -0.932. The highest BCUT2D eigenvalue weighted by Gasteiger charge is 2.06. The second-order valence-electron chi connectivity index (χ2n) is 3.49. The van der Waals surface area contributed by atoms with Gasteiger partial charge in [0.25, 0.3) is 0 Å². The van der Waals surface area contributed by atoms with Gasteiger partial charge in [-0.15, -0.1) is 0 Å². The van der Waals surface area contributed by atoms with E-state index in [0.717, 1.165) is 0 Å². The number of phenols is 1. The molecule has 0 unspecified atom stereocenters. The lowest BCUT2D eigenvalue weighted by atomic mass is 10.1. The molecule has 17 heavy (non-hydrogen) atoms. The molecule has 1 aromatic carbocycles. The Kier molecular flexibility index (Phi) is 4.57. The summed E-state index contributed by atoms with van der Waals surface area (Å²) in [5, 5.41) is 18.4. The van der Waals surface area contributed by atoms with E-state index in [0.29, 0.717) is 29.9 Å². The Morgan fingerprint density at radius 2 is 2.12 bits per heavy atom. The monoisotopic (exact) mass is 236 g/mol. The van der Waals surface area contributed by atoms with E-state index in [2.05, 4.69) is 0 Å². The highest BCUT2D eigenvalue weighted by atomic mass is 16.5. The normalized spacial score (nSPS) is 11.3. The van der Waals surface area contributed by atoms with Gasteiger partial charge >= 0.3 is 5.97 Å². The molecule has 1 rings (SSSR count). The molecule has 4 nitrogen and oxygen atoms in total. The fourth-order valence-electron chi connectivity index (χ4n) is 1.41. The minimum Gasteiger partial charge on any atom is -0.504 e. The van der Waals surface area contributed by atoms with Crippen LogP contribution in [-0.2, 0) is 4.79 Å². The second kappa shape index (κ2) is 5.94. The van der Waals surface area contributed by atoms with E-state index in [9.17, 15) is 9.90 Å². The molecule has 0 fully saturated rings. The van der Waals surface area contributed by atoms with Crippen LogP contribution < -0.4 is 4.74 Å². The molecule has 0 heterocycles. The molecule has 0 amide bonds. The number of aliphatic carboxylic acids is 1. The van der Waals surface area contributed by atoms with Crippen molar-refractivity contribution >= 4 is 12.0 Å². The van der Waals surface area contributed by atoms with Crippen molar-refractivity contribution in [3.8, 4) is 11.5 Å². The predicted molar refractivity (Wildman–Crippen MR) is 65.2 cm³/mol. The number of carbonyl (C=O) groups is 1. The summed E-state index contributed by atoms with van der Waals surface area (Å²) in [5.41, 5.74) is 1.02. The number of ether oxygens (including phenoxy) is 1. The maximum absolute atomic E-state index is 10.9. The smallest absolute Gasteiger partial charge is 0.331 e. The molecule has 0 spiro atoms. The molecule has 0 aromatic heterocycles.